The highest BCUT2D eigenvalue weighted by Crippen LogP contribution is 2.25. The minimum atomic E-state index is -4.14. The molecule has 2 aromatic rings. The molecule has 0 aliphatic heterocycles. The van der Waals surface area contributed by atoms with Crippen molar-refractivity contribution in [2.75, 3.05) is 12.8 Å². The van der Waals surface area contributed by atoms with Gasteiger partial charge in [-0.05, 0) is 24.3 Å². The zero-order chi connectivity index (χ0) is 15.6. The molecule has 0 amide bonds. The first-order valence-corrected chi connectivity index (χ1v) is 7.37. The maximum atomic E-state index is 13.9. The highest BCUT2D eigenvalue weighted by atomic mass is 32.2. The maximum absolute atomic E-state index is 13.9. The van der Waals surface area contributed by atoms with Crippen molar-refractivity contribution in [3.8, 4) is 0 Å². The second-order valence-electron chi connectivity index (χ2n) is 4.36. The molecule has 1 heterocycles. The Morgan fingerprint density at radius 3 is 2.57 bits per heavy atom. The lowest BCUT2D eigenvalue weighted by molar-refractivity contribution is 0.455. The van der Waals surface area contributed by atoms with Gasteiger partial charge in [-0.15, -0.1) is 0 Å². The third kappa shape index (κ3) is 3.01. The molecule has 0 fully saturated rings. The van der Waals surface area contributed by atoms with E-state index >= 15 is 0 Å². The Bertz CT molecular complexity index is 752. The Morgan fingerprint density at radius 2 is 1.95 bits per heavy atom. The lowest BCUT2D eigenvalue weighted by Crippen LogP contribution is -2.28. The van der Waals surface area contributed by atoms with Crippen LogP contribution in [0, 0.1) is 11.6 Å². The summed E-state index contributed by atoms with van der Waals surface area (Å²) >= 11 is 0. The second kappa shape index (κ2) is 5.74. The van der Waals surface area contributed by atoms with Crippen LogP contribution in [-0.2, 0) is 16.6 Å². The van der Waals surface area contributed by atoms with Crippen molar-refractivity contribution in [3.05, 3.63) is 53.9 Å². The van der Waals surface area contributed by atoms with E-state index in [1.54, 1.807) is 18.2 Å². The maximum Gasteiger partial charge on any atom is 0.246 e. The van der Waals surface area contributed by atoms with Gasteiger partial charge in [0.25, 0.3) is 0 Å². The summed E-state index contributed by atoms with van der Waals surface area (Å²) in [5, 5.41) is 0. The van der Waals surface area contributed by atoms with Crippen molar-refractivity contribution in [1.82, 2.24) is 9.29 Å². The first-order chi connectivity index (χ1) is 9.84. The second-order valence-corrected chi connectivity index (χ2v) is 6.37. The zero-order valence-electron chi connectivity index (χ0n) is 11.1. The fourth-order valence-corrected chi connectivity index (χ4v) is 2.94. The molecule has 2 N–H and O–H groups in total. The molecule has 0 atom stereocenters. The summed E-state index contributed by atoms with van der Waals surface area (Å²) in [5.74, 6) is -2.29. The van der Waals surface area contributed by atoms with Gasteiger partial charge in [0, 0.05) is 13.2 Å². The van der Waals surface area contributed by atoms with Gasteiger partial charge in [-0.1, -0.05) is 6.07 Å². The molecule has 5 nitrogen and oxygen atoms in total. The molecule has 0 aliphatic carbocycles. The highest BCUT2D eigenvalue weighted by molar-refractivity contribution is 7.89. The fraction of sp³-hybridized carbons (Fsp3) is 0.154. The Hall–Kier alpha value is -2.06. The number of nitrogen functional groups attached to an aromatic ring is 1. The quantitative estimate of drug-likeness (QED) is 0.873. The van der Waals surface area contributed by atoms with Crippen LogP contribution in [0.1, 0.15) is 5.69 Å². The smallest absolute Gasteiger partial charge is 0.246 e. The van der Waals surface area contributed by atoms with Crippen LogP contribution in [0.25, 0.3) is 0 Å². The fourth-order valence-electron chi connectivity index (χ4n) is 1.72. The molecule has 0 unspecified atom stereocenters. The molecule has 8 heteroatoms. The third-order valence-electron chi connectivity index (χ3n) is 2.89. The number of nitrogens with two attached hydrogens (primary N) is 1. The molecule has 0 spiro atoms. The van der Waals surface area contributed by atoms with Gasteiger partial charge in [0.05, 0.1) is 12.2 Å². The first-order valence-electron chi connectivity index (χ1n) is 5.93. The van der Waals surface area contributed by atoms with Crippen molar-refractivity contribution >= 4 is 15.7 Å². The molecule has 0 saturated carbocycles. The van der Waals surface area contributed by atoms with E-state index in [1.165, 1.54) is 13.2 Å². The van der Waals surface area contributed by atoms with Gasteiger partial charge >= 0.3 is 0 Å². The Balaban J connectivity index is 2.36. The van der Waals surface area contributed by atoms with E-state index in [2.05, 4.69) is 4.98 Å². The van der Waals surface area contributed by atoms with E-state index in [0.29, 0.717) is 5.69 Å². The van der Waals surface area contributed by atoms with Gasteiger partial charge in [-0.25, -0.2) is 17.2 Å². The van der Waals surface area contributed by atoms with Crippen molar-refractivity contribution < 1.29 is 17.2 Å². The monoisotopic (exact) mass is 313 g/mol. The number of rotatable bonds is 4. The summed E-state index contributed by atoms with van der Waals surface area (Å²) in [4.78, 5) is 3.33. The molecular weight excluding hydrogens is 300 g/mol. The topological polar surface area (TPSA) is 76.3 Å². The minimum Gasteiger partial charge on any atom is -0.394 e. The van der Waals surface area contributed by atoms with Crippen LogP contribution in [0.15, 0.2) is 41.4 Å². The lowest BCUT2D eigenvalue weighted by atomic mass is 10.3. The first kappa shape index (κ1) is 15.3. The van der Waals surface area contributed by atoms with Gasteiger partial charge in [-0.2, -0.15) is 4.31 Å². The van der Waals surface area contributed by atoms with E-state index in [1.807, 2.05) is 0 Å². The van der Waals surface area contributed by atoms with Gasteiger partial charge < -0.3 is 5.73 Å². The number of benzene rings is 1. The van der Waals surface area contributed by atoms with Gasteiger partial charge in [0.15, 0.2) is 5.82 Å². The van der Waals surface area contributed by atoms with E-state index in [9.17, 15) is 17.2 Å². The SMILES string of the molecule is CN(Cc1ccccn1)S(=O)(=O)c1ccc(F)c(N)c1F. The van der Waals surface area contributed by atoms with Gasteiger partial charge in [0.1, 0.15) is 16.4 Å². The molecule has 0 saturated heterocycles. The number of halogens is 2. The van der Waals surface area contributed by atoms with Crippen LogP contribution in [0.3, 0.4) is 0 Å². The normalized spacial score (nSPS) is 11.8. The van der Waals surface area contributed by atoms with Crippen molar-refractivity contribution in [2.45, 2.75) is 11.4 Å². The number of nitrogens with zero attached hydrogens (tertiary/aromatic N) is 2. The number of sulfonamides is 1. The standard InChI is InChI=1S/C13H13F2N3O2S/c1-18(8-9-4-2-3-7-17-9)21(19,20)11-6-5-10(14)13(16)12(11)15/h2-7H,8,16H2,1H3. The molecule has 2 rings (SSSR count). The summed E-state index contributed by atoms with van der Waals surface area (Å²) in [5.41, 5.74) is 4.87. The summed E-state index contributed by atoms with van der Waals surface area (Å²) in [6.07, 6.45) is 1.52. The van der Waals surface area contributed by atoms with Crippen LogP contribution in [0.5, 0.6) is 0 Å². The number of hydrogen-bond acceptors (Lipinski definition) is 4. The third-order valence-corrected chi connectivity index (χ3v) is 4.71. The lowest BCUT2D eigenvalue weighted by Gasteiger charge is -2.17. The Morgan fingerprint density at radius 1 is 1.24 bits per heavy atom. The largest absolute Gasteiger partial charge is 0.394 e. The average molecular weight is 313 g/mol. The number of hydrogen-bond donors (Lipinski definition) is 1. The molecule has 1 aromatic carbocycles. The van der Waals surface area contributed by atoms with Gasteiger partial charge in [-0.3, -0.25) is 4.98 Å². The minimum absolute atomic E-state index is 0.0418. The van der Waals surface area contributed by atoms with Crippen LogP contribution in [0.2, 0.25) is 0 Å². The average Bonchev–Trinajstić information content (AvgIpc) is 2.45. The van der Waals surface area contributed by atoms with Crippen LogP contribution in [-0.4, -0.2) is 24.8 Å². The number of aromatic nitrogens is 1. The van der Waals surface area contributed by atoms with E-state index in [4.69, 9.17) is 5.73 Å². The van der Waals surface area contributed by atoms with Crippen LogP contribution in [0.4, 0.5) is 14.5 Å². The molecular formula is C13H13F2N3O2S. The van der Waals surface area contributed by atoms with Crippen molar-refractivity contribution in [3.63, 3.8) is 0 Å². The number of pyridine rings is 1. The predicted molar refractivity (Wildman–Crippen MR) is 73.7 cm³/mol. The summed E-state index contributed by atoms with van der Waals surface area (Å²) in [6, 6.07) is 6.71. The van der Waals surface area contributed by atoms with E-state index in [-0.39, 0.29) is 6.54 Å². The number of anilines is 1. The van der Waals surface area contributed by atoms with E-state index in [0.717, 1.165) is 16.4 Å². The summed E-state index contributed by atoms with van der Waals surface area (Å²) in [7, 11) is -2.85. The van der Waals surface area contributed by atoms with Crippen LogP contribution >= 0.6 is 0 Å². The summed E-state index contributed by atoms with van der Waals surface area (Å²) in [6.45, 7) is -0.0418. The molecule has 1 aromatic heterocycles. The van der Waals surface area contributed by atoms with Gasteiger partial charge in [0.2, 0.25) is 10.0 Å². The highest BCUT2D eigenvalue weighted by Gasteiger charge is 2.27. The zero-order valence-corrected chi connectivity index (χ0v) is 11.9. The summed E-state index contributed by atoms with van der Waals surface area (Å²) < 4.78 is 52.5. The Labute approximate surface area is 121 Å². The molecule has 21 heavy (non-hydrogen) atoms. The van der Waals surface area contributed by atoms with Crippen molar-refractivity contribution in [2.24, 2.45) is 0 Å². The Kier molecular flexibility index (Phi) is 4.19. The molecule has 0 aliphatic rings. The van der Waals surface area contributed by atoms with Crippen molar-refractivity contribution in [1.29, 1.82) is 0 Å². The molecule has 0 bridgehead atoms. The molecule has 0 radical (unpaired) electrons. The molecule has 112 valence electrons. The predicted octanol–water partition coefficient (Wildman–Crippen LogP) is 1.76. The van der Waals surface area contributed by atoms with Crippen LogP contribution < -0.4 is 5.73 Å². The van der Waals surface area contributed by atoms with E-state index < -0.39 is 32.2 Å².